The van der Waals surface area contributed by atoms with E-state index >= 15 is 0 Å². The van der Waals surface area contributed by atoms with Gasteiger partial charge in [0.25, 0.3) is 0 Å². The molecule has 1 aromatic carbocycles. The van der Waals surface area contributed by atoms with E-state index in [9.17, 15) is 9.18 Å². The van der Waals surface area contributed by atoms with Crippen molar-refractivity contribution in [3.8, 4) is 0 Å². The summed E-state index contributed by atoms with van der Waals surface area (Å²) in [6.07, 6.45) is 4.48. The normalized spacial score (nSPS) is 31.0. The number of carbonyl (C=O) groups excluding carboxylic acids is 1. The van der Waals surface area contributed by atoms with Crippen LogP contribution < -0.4 is 11.1 Å². The fraction of sp³-hybridized carbons (Fsp3) is 0.607. The number of amides is 1. The monoisotopic (exact) mass is 541 g/mol. The van der Waals surface area contributed by atoms with Gasteiger partial charge < -0.3 is 20.5 Å². The van der Waals surface area contributed by atoms with Gasteiger partial charge in [0, 0.05) is 48.8 Å². The van der Waals surface area contributed by atoms with E-state index in [1.54, 1.807) is 0 Å². The molecule has 1 saturated heterocycles. The van der Waals surface area contributed by atoms with E-state index in [0.29, 0.717) is 35.8 Å². The summed E-state index contributed by atoms with van der Waals surface area (Å²) in [7, 11) is 0. The highest BCUT2D eigenvalue weighted by Gasteiger charge is 2.54. The summed E-state index contributed by atoms with van der Waals surface area (Å²) in [5, 5.41) is 3.64. The molecule has 6 rings (SSSR count). The first-order valence-corrected chi connectivity index (χ1v) is 14.8. The van der Waals surface area contributed by atoms with Gasteiger partial charge in [-0.2, -0.15) is 11.8 Å². The molecule has 4 aliphatic rings. The Hall–Kier alpha value is -2.27. The zero-order chi connectivity index (χ0) is 26.1. The summed E-state index contributed by atoms with van der Waals surface area (Å²) in [5.74, 6) is 0.817. The Labute approximate surface area is 227 Å². The Morgan fingerprint density at radius 3 is 2.97 bits per heavy atom. The molecule has 2 aliphatic heterocycles. The Kier molecular flexibility index (Phi) is 7.83. The molecule has 38 heavy (non-hydrogen) atoms. The Morgan fingerprint density at radius 1 is 1.26 bits per heavy atom. The molecule has 2 saturated carbocycles. The zero-order valence-corrected chi connectivity index (χ0v) is 22.4. The molecule has 10 heteroatoms. The number of aromatic nitrogens is 2. The number of rotatable bonds is 6. The van der Waals surface area contributed by atoms with Crippen molar-refractivity contribution in [2.75, 3.05) is 50.5 Å². The van der Waals surface area contributed by atoms with E-state index in [-0.39, 0.29) is 29.8 Å². The molecule has 204 valence electrons. The second-order valence-electron chi connectivity index (χ2n) is 11.0. The quantitative estimate of drug-likeness (QED) is 0.536. The van der Waals surface area contributed by atoms with Gasteiger partial charge in [0.15, 0.2) is 5.82 Å². The maximum Gasteiger partial charge on any atom is 0.227 e. The van der Waals surface area contributed by atoms with Gasteiger partial charge in [-0.15, -0.1) is 0 Å². The molecule has 3 heterocycles. The second-order valence-corrected chi connectivity index (χ2v) is 12.2. The summed E-state index contributed by atoms with van der Waals surface area (Å²) in [6, 6.07) is 8.15. The van der Waals surface area contributed by atoms with Crippen LogP contribution in [0.15, 0.2) is 30.5 Å². The average Bonchev–Trinajstić information content (AvgIpc) is 3.49. The number of fused-ring (bicyclic) bond motifs is 5. The predicted molar refractivity (Wildman–Crippen MR) is 145 cm³/mol. The number of nitrogens with zero attached hydrogens (tertiary/aromatic N) is 3. The molecule has 6 bridgehead atoms. The number of anilines is 2. The van der Waals surface area contributed by atoms with Gasteiger partial charge in [0.2, 0.25) is 11.9 Å². The van der Waals surface area contributed by atoms with E-state index in [1.165, 1.54) is 6.20 Å². The first kappa shape index (κ1) is 26.0. The van der Waals surface area contributed by atoms with Crippen LogP contribution in [0.1, 0.15) is 36.6 Å². The third-order valence-electron chi connectivity index (χ3n) is 8.70. The van der Waals surface area contributed by atoms with Crippen LogP contribution in [0.2, 0.25) is 0 Å². The van der Waals surface area contributed by atoms with E-state index < -0.39 is 5.82 Å². The van der Waals surface area contributed by atoms with Crippen molar-refractivity contribution in [2.45, 2.75) is 37.0 Å². The van der Waals surface area contributed by atoms with E-state index in [2.05, 4.69) is 32.3 Å². The fourth-order valence-corrected chi connectivity index (χ4v) is 8.56. The SMILES string of the molecule is NC(=O)[C@H]1[C@H]2C[C@H]3[C@H]1Cc1nc(ncc1F)Nc1cccc(c1)C(OCCCN1CCOCC1)CS[C@@H]3C2. The molecule has 2 aromatic rings. The minimum Gasteiger partial charge on any atom is -0.379 e. The van der Waals surface area contributed by atoms with Crippen LogP contribution in [0.3, 0.4) is 0 Å². The predicted octanol–water partition coefficient (Wildman–Crippen LogP) is 3.55. The lowest BCUT2D eigenvalue weighted by molar-refractivity contribution is -0.125. The zero-order valence-electron chi connectivity index (χ0n) is 21.6. The van der Waals surface area contributed by atoms with Gasteiger partial charge in [-0.1, -0.05) is 12.1 Å². The first-order chi connectivity index (χ1) is 18.5. The second kappa shape index (κ2) is 11.5. The summed E-state index contributed by atoms with van der Waals surface area (Å²) in [5.41, 5.74) is 8.15. The maximum atomic E-state index is 14.8. The molecular weight excluding hydrogens is 505 g/mol. The van der Waals surface area contributed by atoms with E-state index in [0.717, 1.165) is 69.1 Å². The lowest BCUT2D eigenvalue weighted by Crippen LogP contribution is -2.39. The summed E-state index contributed by atoms with van der Waals surface area (Å²) in [4.78, 5) is 23.6. The number of hydrogen-bond acceptors (Lipinski definition) is 8. The molecule has 0 radical (unpaired) electrons. The summed E-state index contributed by atoms with van der Waals surface area (Å²) in [6.45, 7) is 5.28. The van der Waals surface area contributed by atoms with Gasteiger partial charge in [0.1, 0.15) is 0 Å². The molecule has 3 N–H and O–H groups in total. The van der Waals surface area contributed by atoms with Gasteiger partial charge in [0.05, 0.1) is 31.2 Å². The van der Waals surface area contributed by atoms with Gasteiger partial charge in [-0.3, -0.25) is 9.69 Å². The Bertz CT molecular complexity index is 1150. The van der Waals surface area contributed by atoms with Crippen LogP contribution in [-0.4, -0.2) is 71.2 Å². The van der Waals surface area contributed by atoms with E-state index in [4.69, 9.17) is 15.2 Å². The van der Waals surface area contributed by atoms with Crippen molar-refractivity contribution in [3.63, 3.8) is 0 Å². The number of halogens is 1. The van der Waals surface area contributed by atoms with Crippen molar-refractivity contribution in [1.29, 1.82) is 0 Å². The Balaban J connectivity index is 1.24. The van der Waals surface area contributed by atoms with Crippen LogP contribution in [0.5, 0.6) is 0 Å². The van der Waals surface area contributed by atoms with Crippen molar-refractivity contribution in [1.82, 2.24) is 14.9 Å². The lowest BCUT2D eigenvalue weighted by atomic mass is 9.76. The lowest BCUT2D eigenvalue weighted by Gasteiger charge is -2.35. The number of morpholine rings is 1. The van der Waals surface area contributed by atoms with Crippen molar-refractivity contribution in [3.05, 3.63) is 47.5 Å². The Morgan fingerprint density at radius 2 is 2.13 bits per heavy atom. The van der Waals surface area contributed by atoms with Crippen LogP contribution >= 0.6 is 11.8 Å². The molecule has 2 aliphatic carbocycles. The number of nitrogens with one attached hydrogen (secondary N) is 1. The van der Waals surface area contributed by atoms with Crippen molar-refractivity contribution < 1.29 is 18.7 Å². The van der Waals surface area contributed by atoms with Crippen molar-refractivity contribution >= 4 is 29.3 Å². The highest BCUT2D eigenvalue weighted by atomic mass is 32.2. The molecular formula is C28H36FN5O3S. The number of nitrogens with two attached hydrogens (primary N) is 1. The molecule has 1 unspecified atom stereocenters. The van der Waals surface area contributed by atoms with Gasteiger partial charge in [-0.25, -0.2) is 14.4 Å². The van der Waals surface area contributed by atoms with Crippen LogP contribution in [0.4, 0.5) is 16.0 Å². The first-order valence-electron chi connectivity index (χ1n) is 13.8. The summed E-state index contributed by atoms with van der Waals surface area (Å²) < 4.78 is 26.8. The molecule has 3 fully saturated rings. The standard InChI is InChI=1S/C28H36FN5O3S/c29-22-15-31-28-32-19-4-1-3-17(11-19)24(37-8-2-5-34-6-9-36-10-7-34)16-38-25-13-18-12-20(25)21(14-23(22)33-28)26(18)27(30)35/h1,3-4,11,15,18,20-21,24-26H,2,5-10,12-14,16H2,(H2,30,35)(H,31,32,33)/t18-,20-,21+,24?,25+,26-/m0/s1. The van der Waals surface area contributed by atoms with Gasteiger partial charge in [-0.05, 0) is 61.1 Å². The van der Waals surface area contributed by atoms with Crippen molar-refractivity contribution in [2.24, 2.45) is 29.4 Å². The smallest absolute Gasteiger partial charge is 0.227 e. The third kappa shape index (κ3) is 5.54. The number of primary amides is 1. The number of benzene rings is 1. The minimum absolute atomic E-state index is 0.00495. The number of carbonyl (C=O) groups is 1. The third-order valence-corrected chi connectivity index (χ3v) is 10.2. The van der Waals surface area contributed by atoms with Crippen LogP contribution in [0, 0.1) is 29.5 Å². The molecule has 8 nitrogen and oxygen atoms in total. The molecule has 1 amide bonds. The highest BCUT2D eigenvalue weighted by Crippen LogP contribution is 2.57. The van der Waals surface area contributed by atoms with E-state index in [1.807, 2.05) is 23.9 Å². The topological polar surface area (TPSA) is 103 Å². The van der Waals surface area contributed by atoms with Crippen LogP contribution in [0.25, 0.3) is 0 Å². The minimum atomic E-state index is -0.433. The number of hydrogen-bond donors (Lipinski definition) is 2. The molecule has 6 atom stereocenters. The maximum absolute atomic E-state index is 14.8. The fourth-order valence-electron chi connectivity index (χ4n) is 6.91. The molecule has 0 spiro atoms. The average molecular weight is 542 g/mol. The largest absolute Gasteiger partial charge is 0.379 e. The molecule has 1 aromatic heterocycles. The van der Waals surface area contributed by atoms with Gasteiger partial charge >= 0.3 is 0 Å². The number of ether oxygens (including phenoxy) is 2. The summed E-state index contributed by atoms with van der Waals surface area (Å²) >= 11 is 1.94. The highest BCUT2D eigenvalue weighted by molar-refractivity contribution is 7.99. The number of thioether (sulfide) groups is 1. The van der Waals surface area contributed by atoms with Crippen LogP contribution in [-0.2, 0) is 20.7 Å².